The molecular formula is C15H14N2O3S. The monoisotopic (exact) mass is 302 g/mol. The number of benzene rings is 1. The molecule has 1 aliphatic rings. The van der Waals surface area contributed by atoms with Crippen LogP contribution >= 0.6 is 11.8 Å². The molecular weight excluding hydrogens is 288 g/mol. The van der Waals surface area contributed by atoms with E-state index in [2.05, 4.69) is 11.9 Å². The van der Waals surface area contributed by atoms with Crippen LogP contribution < -0.4 is 5.32 Å². The highest BCUT2D eigenvalue weighted by molar-refractivity contribution is 8.18. The minimum absolute atomic E-state index is 0.273. The van der Waals surface area contributed by atoms with Gasteiger partial charge < -0.3 is 5.32 Å². The van der Waals surface area contributed by atoms with Crippen LogP contribution in [0.15, 0.2) is 47.9 Å². The van der Waals surface area contributed by atoms with E-state index in [1.807, 2.05) is 30.3 Å². The van der Waals surface area contributed by atoms with Gasteiger partial charge in [-0.3, -0.25) is 19.3 Å². The zero-order valence-corrected chi connectivity index (χ0v) is 12.1. The third kappa shape index (κ3) is 3.82. The third-order valence-electron chi connectivity index (χ3n) is 2.72. The summed E-state index contributed by atoms with van der Waals surface area (Å²) in [5.41, 5.74) is 0.833. The lowest BCUT2D eigenvalue weighted by Gasteiger charge is -2.11. The Kier molecular flexibility index (Phi) is 4.94. The van der Waals surface area contributed by atoms with Gasteiger partial charge in [0.25, 0.3) is 11.1 Å². The second-order valence-corrected chi connectivity index (χ2v) is 5.26. The van der Waals surface area contributed by atoms with Crippen molar-refractivity contribution < 1.29 is 14.4 Å². The second-order valence-electron chi connectivity index (χ2n) is 4.27. The molecule has 0 radical (unpaired) electrons. The van der Waals surface area contributed by atoms with E-state index in [1.165, 1.54) is 6.08 Å². The molecule has 1 aromatic carbocycles. The van der Waals surface area contributed by atoms with Gasteiger partial charge in [0.05, 0.1) is 4.91 Å². The summed E-state index contributed by atoms with van der Waals surface area (Å²) in [6.07, 6.45) is 3.17. The molecule has 0 spiro atoms. The van der Waals surface area contributed by atoms with Gasteiger partial charge in [-0.2, -0.15) is 0 Å². The Morgan fingerprint density at radius 2 is 2.00 bits per heavy atom. The topological polar surface area (TPSA) is 66.5 Å². The maximum atomic E-state index is 12.1. The molecule has 0 unspecified atom stereocenters. The number of hydrogen-bond donors (Lipinski definition) is 1. The number of carbonyl (C=O) groups is 3. The van der Waals surface area contributed by atoms with Crippen LogP contribution in [0.3, 0.4) is 0 Å². The first-order chi connectivity index (χ1) is 10.1. The van der Waals surface area contributed by atoms with Gasteiger partial charge in [-0.25, -0.2) is 0 Å². The van der Waals surface area contributed by atoms with Crippen LogP contribution in [0.4, 0.5) is 4.79 Å². The molecule has 0 aliphatic carbocycles. The van der Waals surface area contributed by atoms with Gasteiger partial charge in [-0.05, 0) is 23.4 Å². The predicted octanol–water partition coefficient (Wildman–Crippen LogP) is 2.03. The molecule has 1 fully saturated rings. The van der Waals surface area contributed by atoms with E-state index >= 15 is 0 Å². The van der Waals surface area contributed by atoms with E-state index in [1.54, 1.807) is 6.08 Å². The number of amides is 3. The Morgan fingerprint density at radius 3 is 2.67 bits per heavy atom. The largest absolute Gasteiger partial charge is 0.351 e. The predicted molar refractivity (Wildman–Crippen MR) is 82.3 cm³/mol. The van der Waals surface area contributed by atoms with E-state index in [-0.39, 0.29) is 6.54 Å². The number of imide groups is 1. The molecule has 1 aromatic rings. The van der Waals surface area contributed by atoms with E-state index in [9.17, 15) is 14.4 Å². The van der Waals surface area contributed by atoms with Crippen LogP contribution in [0.1, 0.15) is 5.56 Å². The fourth-order valence-electron chi connectivity index (χ4n) is 1.72. The highest BCUT2D eigenvalue weighted by Crippen LogP contribution is 2.31. The standard InChI is InChI=1S/C15H14N2O3S/c1-2-8-16-13(18)10-17-14(19)12(21-15(17)20)9-11-6-4-3-5-7-11/h2-7,9H,1,8,10H2,(H,16,18)/b12-9+. The summed E-state index contributed by atoms with van der Waals surface area (Å²) in [7, 11) is 0. The molecule has 1 heterocycles. The first kappa shape index (κ1) is 15.1. The van der Waals surface area contributed by atoms with Gasteiger partial charge in [0.15, 0.2) is 0 Å². The average Bonchev–Trinajstić information content (AvgIpc) is 2.74. The molecule has 21 heavy (non-hydrogen) atoms. The van der Waals surface area contributed by atoms with Gasteiger partial charge in [-0.1, -0.05) is 36.4 Å². The van der Waals surface area contributed by atoms with Gasteiger partial charge >= 0.3 is 0 Å². The number of hydrogen-bond acceptors (Lipinski definition) is 4. The van der Waals surface area contributed by atoms with Crippen molar-refractivity contribution in [3.05, 3.63) is 53.5 Å². The number of nitrogens with zero attached hydrogens (tertiary/aromatic N) is 1. The van der Waals surface area contributed by atoms with Gasteiger partial charge in [0.2, 0.25) is 5.91 Å². The fraction of sp³-hybridized carbons (Fsp3) is 0.133. The van der Waals surface area contributed by atoms with Crippen LogP contribution in [0.5, 0.6) is 0 Å². The lowest BCUT2D eigenvalue weighted by molar-refractivity contribution is -0.129. The number of rotatable bonds is 5. The van der Waals surface area contributed by atoms with Crippen molar-refractivity contribution in [1.29, 1.82) is 0 Å². The molecule has 108 valence electrons. The number of nitrogens with one attached hydrogen (secondary N) is 1. The van der Waals surface area contributed by atoms with Crippen LogP contribution in [0, 0.1) is 0 Å². The molecule has 1 saturated heterocycles. The SMILES string of the molecule is C=CCNC(=O)CN1C(=O)S/C(=C/c2ccccc2)C1=O. The number of carbonyl (C=O) groups excluding carboxylic acids is 3. The highest BCUT2D eigenvalue weighted by Gasteiger charge is 2.36. The minimum atomic E-state index is -0.442. The van der Waals surface area contributed by atoms with Gasteiger partial charge in [-0.15, -0.1) is 6.58 Å². The Hall–Kier alpha value is -2.34. The zero-order valence-electron chi connectivity index (χ0n) is 11.2. The Balaban J connectivity index is 2.08. The summed E-state index contributed by atoms with van der Waals surface area (Å²) in [4.78, 5) is 36.8. The molecule has 1 N–H and O–H groups in total. The van der Waals surface area contributed by atoms with E-state index < -0.39 is 17.1 Å². The van der Waals surface area contributed by atoms with Crippen molar-refractivity contribution in [1.82, 2.24) is 10.2 Å². The smallest absolute Gasteiger partial charge is 0.294 e. The molecule has 1 aliphatic heterocycles. The Bertz CT molecular complexity index is 611. The lowest BCUT2D eigenvalue weighted by Crippen LogP contribution is -2.39. The Labute approximate surface area is 126 Å². The van der Waals surface area contributed by atoms with E-state index in [4.69, 9.17) is 0 Å². The van der Waals surface area contributed by atoms with E-state index in [0.717, 1.165) is 22.2 Å². The van der Waals surface area contributed by atoms with Crippen LogP contribution in [-0.4, -0.2) is 35.0 Å². The third-order valence-corrected chi connectivity index (χ3v) is 3.62. The van der Waals surface area contributed by atoms with Crippen molar-refractivity contribution in [3.8, 4) is 0 Å². The molecule has 0 aromatic heterocycles. The van der Waals surface area contributed by atoms with Crippen molar-refractivity contribution in [2.24, 2.45) is 0 Å². The molecule has 0 saturated carbocycles. The van der Waals surface area contributed by atoms with Crippen LogP contribution in [-0.2, 0) is 9.59 Å². The van der Waals surface area contributed by atoms with Crippen LogP contribution in [0.25, 0.3) is 6.08 Å². The first-order valence-corrected chi connectivity index (χ1v) is 7.11. The second kappa shape index (κ2) is 6.90. The summed E-state index contributed by atoms with van der Waals surface area (Å²) in [6.45, 7) is 3.51. The summed E-state index contributed by atoms with van der Waals surface area (Å²) in [5.74, 6) is -0.833. The molecule has 5 nitrogen and oxygen atoms in total. The van der Waals surface area contributed by atoms with Crippen molar-refractivity contribution in [2.45, 2.75) is 0 Å². The summed E-state index contributed by atoms with van der Waals surface area (Å²) in [6, 6.07) is 9.24. The molecule has 2 rings (SSSR count). The number of thioether (sulfide) groups is 1. The maximum absolute atomic E-state index is 12.1. The molecule has 6 heteroatoms. The molecule has 0 bridgehead atoms. The first-order valence-electron chi connectivity index (χ1n) is 6.30. The molecule has 3 amide bonds. The molecule has 0 atom stereocenters. The van der Waals surface area contributed by atoms with Gasteiger partial charge in [0, 0.05) is 6.54 Å². The average molecular weight is 302 g/mol. The quantitative estimate of drug-likeness (QED) is 0.667. The zero-order chi connectivity index (χ0) is 15.2. The van der Waals surface area contributed by atoms with Gasteiger partial charge in [0.1, 0.15) is 6.54 Å². The highest BCUT2D eigenvalue weighted by atomic mass is 32.2. The van der Waals surface area contributed by atoms with Crippen molar-refractivity contribution in [3.63, 3.8) is 0 Å². The summed E-state index contributed by atoms with van der Waals surface area (Å²) >= 11 is 0.841. The van der Waals surface area contributed by atoms with Crippen LogP contribution in [0.2, 0.25) is 0 Å². The maximum Gasteiger partial charge on any atom is 0.294 e. The fourth-order valence-corrected chi connectivity index (χ4v) is 2.56. The summed E-state index contributed by atoms with van der Waals surface area (Å²) < 4.78 is 0. The summed E-state index contributed by atoms with van der Waals surface area (Å²) in [5, 5.41) is 2.10. The normalized spacial score (nSPS) is 16.4. The minimum Gasteiger partial charge on any atom is -0.351 e. The Morgan fingerprint density at radius 1 is 1.29 bits per heavy atom. The van der Waals surface area contributed by atoms with Crippen molar-refractivity contribution in [2.75, 3.05) is 13.1 Å². The lowest BCUT2D eigenvalue weighted by atomic mass is 10.2. The van der Waals surface area contributed by atoms with E-state index in [0.29, 0.717) is 11.4 Å². The van der Waals surface area contributed by atoms with Crippen molar-refractivity contribution >= 4 is 34.9 Å².